The Morgan fingerprint density at radius 1 is 1.30 bits per heavy atom. The maximum atomic E-state index is 12.6. The lowest BCUT2D eigenvalue weighted by molar-refractivity contribution is -0.117. The Morgan fingerprint density at radius 3 is 2.63 bits per heavy atom. The van der Waals surface area contributed by atoms with E-state index in [4.69, 9.17) is 4.74 Å². The van der Waals surface area contributed by atoms with E-state index in [-0.39, 0.29) is 47.9 Å². The average Bonchev–Trinajstić information content (AvgIpc) is 3.02. The van der Waals surface area contributed by atoms with Crippen LogP contribution in [0.3, 0.4) is 0 Å². The van der Waals surface area contributed by atoms with E-state index >= 15 is 0 Å². The predicted octanol–water partition coefficient (Wildman–Crippen LogP) is 2.81. The molecule has 0 bridgehead atoms. The fourth-order valence-electron chi connectivity index (χ4n) is 3.10. The number of rotatable bonds is 6. The van der Waals surface area contributed by atoms with E-state index in [1.165, 1.54) is 5.56 Å². The number of ether oxygens (including phenoxy) is 1. The number of para-hydroxylation sites is 1. The van der Waals surface area contributed by atoms with Gasteiger partial charge in [-0.05, 0) is 30.4 Å². The predicted molar refractivity (Wildman–Crippen MR) is 122 cm³/mol. The zero-order valence-corrected chi connectivity index (χ0v) is 19.4. The normalized spacial score (nSPS) is 15.0. The number of carbonyl (C=O) groups excluding carboxylic acids is 1. The van der Waals surface area contributed by atoms with Crippen LogP contribution in [0, 0.1) is 5.41 Å². The van der Waals surface area contributed by atoms with E-state index in [0.29, 0.717) is 12.5 Å². The first-order valence-electron chi connectivity index (χ1n) is 9.30. The largest absolute Gasteiger partial charge is 0.379 e. The highest BCUT2D eigenvalue weighted by atomic mass is 127. The van der Waals surface area contributed by atoms with Gasteiger partial charge in [-0.2, -0.15) is 0 Å². The SMILES string of the molecule is CCNC(=NCC(=O)N1CCc2ccccc21)NCC(OC)C(C)(C)C.I. The first-order chi connectivity index (χ1) is 12.4. The van der Waals surface area contributed by atoms with Gasteiger partial charge in [0.15, 0.2) is 5.96 Å². The third-order valence-electron chi connectivity index (χ3n) is 4.61. The van der Waals surface area contributed by atoms with Gasteiger partial charge in [0.1, 0.15) is 6.54 Å². The number of hydrogen-bond donors (Lipinski definition) is 2. The Labute approximate surface area is 180 Å². The molecule has 1 aromatic rings. The Bertz CT molecular complexity index is 643. The fraction of sp³-hybridized carbons (Fsp3) is 0.600. The first-order valence-corrected chi connectivity index (χ1v) is 9.30. The van der Waals surface area contributed by atoms with Crippen molar-refractivity contribution in [2.24, 2.45) is 10.4 Å². The number of guanidine groups is 1. The molecule has 1 atom stereocenters. The first kappa shape index (κ1) is 23.7. The van der Waals surface area contributed by atoms with Crippen molar-refractivity contribution in [3.05, 3.63) is 29.8 Å². The third kappa shape index (κ3) is 6.64. The zero-order chi connectivity index (χ0) is 19.2. The molecule has 1 aliphatic rings. The smallest absolute Gasteiger partial charge is 0.248 e. The summed E-state index contributed by atoms with van der Waals surface area (Å²) in [6, 6.07) is 8.06. The van der Waals surface area contributed by atoms with Gasteiger partial charge in [0.25, 0.3) is 0 Å². The van der Waals surface area contributed by atoms with Gasteiger partial charge in [-0.3, -0.25) is 4.79 Å². The van der Waals surface area contributed by atoms with Crippen molar-refractivity contribution in [1.29, 1.82) is 0 Å². The molecule has 0 fully saturated rings. The lowest BCUT2D eigenvalue weighted by Gasteiger charge is -2.30. The summed E-state index contributed by atoms with van der Waals surface area (Å²) in [4.78, 5) is 18.9. The molecule has 0 saturated heterocycles. The number of carbonyl (C=O) groups is 1. The lowest BCUT2D eigenvalue weighted by atomic mass is 9.89. The lowest BCUT2D eigenvalue weighted by Crippen LogP contribution is -2.45. The third-order valence-corrected chi connectivity index (χ3v) is 4.61. The summed E-state index contributed by atoms with van der Waals surface area (Å²) in [5, 5.41) is 6.48. The highest BCUT2D eigenvalue weighted by Gasteiger charge is 2.25. The van der Waals surface area contributed by atoms with Crippen LogP contribution in [-0.4, -0.2) is 51.3 Å². The molecule has 7 heteroatoms. The quantitative estimate of drug-likeness (QED) is 0.367. The van der Waals surface area contributed by atoms with E-state index in [2.05, 4.69) is 42.5 Å². The molecule has 1 aromatic carbocycles. The van der Waals surface area contributed by atoms with Crippen molar-refractivity contribution >= 4 is 41.5 Å². The maximum absolute atomic E-state index is 12.6. The van der Waals surface area contributed by atoms with E-state index in [9.17, 15) is 4.79 Å². The van der Waals surface area contributed by atoms with Crippen molar-refractivity contribution < 1.29 is 9.53 Å². The van der Waals surface area contributed by atoms with Gasteiger partial charge in [-0.15, -0.1) is 24.0 Å². The molecule has 2 N–H and O–H groups in total. The van der Waals surface area contributed by atoms with Gasteiger partial charge in [0.05, 0.1) is 6.10 Å². The standard InChI is InChI=1S/C20H32N4O2.HI/c1-6-21-19(22-13-17(26-5)20(2,3)4)23-14-18(25)24-12-11-15-9-7-8-10-16(15)24;/h7-10,17H,6,11-14H2,1-5H3,(H2,21,22,23);1H. The van der Waals surface area contributed by atoms with Crippen molar-refractivity contribution in [3.63, 3.8) is 0 Å². The van der Waals surface area contributed by atoms with Gasteiger partial charge in [0, 0.05) is 32.4 Å². The molecule has 0 radical (unpaired) electrons. The van der Waals surface area contributed by atoms with Crippen LogP contribution in [0.15, 0.2) is 29.3 Å². The Balaban J connectivity index is 0.00000364. The van der Waals surface area contributed by atoms with E-state index < -0.39 is 0 Å². The fourth-order valence-corrected chi connectivity index (χ4v) is 3.10. The average molecular weight is 488 g/mol. The highest BCUT2D eigenvalue weighted by molar-refractivity contribution is 14.0. The molecule has 152 valence electrons. The molecule has 1 unspecified atom stereocenters. The van der Waals surface area contributed by atoms with Crippen molar-refractivity contribution in [3.8, 4) is 0 Å². The minimum Gasteiger partial charge on any atom is -0.379 e. The zero-order valence-electron chi connectivity index (χ0n) is 17.0. The number of methoxy groups -OCH3 is 1. The van der Waals surface area contributed by atoms with Crippen LogP contribution in [0.5, 0.6) is 0 Å². The summed E-state index contributed by atoms with van der Waals surface area (Å²) in [6.07, 6.45) is 0.956. The number of aliphatic imine (C=N–C) groups is 1. The van der Waals surface area contributed by atoms with Crippen LogP contribution in [-0.2, 0) is 16.0 Å². The van der Waals surface area contributed by atoms with Crippen LogP contribution >= 0.6 is 24.0 Å². The number of fused-ring (bicyclic) bond motifs is 1. The second kappa shape index (κ2) is 10.8. The summed E-state index contributed by atoms with van der Waals surface area (Å²) >= 11 is 0. The van der Waals surface area contributed by atoms with Crippen molar-refractivity contribution in [1.82, 2.24) is 10.6 Å². The van der Waals surface area contributed by atoms with Crippen LogP contribution in [0.2, 0.25) is 0 Å². The van der Waals surface area contributed by atoms with Gasteiger partial charge in [-0.1, -0.05) is 39.0 Å². The number of benzene rings is 1. The molecule has 0 spiro atoms. The van der Waals surface area contributed by atoms with E-state index in [1.807, 2.05) is 30.0 Å². The molecule has 0 aromatic heterocycles. The summed E-state index contributed by atoms with van der Waals surface area (Å²) in [5.41, 5.74) is 2.26. The summed E-state index contributed by atoms with van der Waals surface area (Å²) in [6.45, 7) is 10.6. The van der Waals surface area contributed by atoms with Crippen molar-refractivity contribution in [2.45, 2.75) is 40.2 Å². The maximum Gasteiger partial charge on any atom is 0.248 e. The minimum absolute atomic E-state index is 0. The highest BCUT2D eigenvalue weighted by Crippen LogP contribution is 2.27. The molecule has 0 aliphatic carbocycles. The minimum atomic E-state index is 0. The van der Waals surface area contributed by atoms with Crippen LogP contribution in [0.25, 0.3) is 0 Å². The second-order valence-electron chi connectivity index (χ2n) is 7.59. The number of amides is 1. The van der Waals surface area contributed by atoms with E-state index in [1.54, 1.807) is 7.11 Å². The monoisotopic (exact) mass is 488 g/mol. The Hall–Kier alpha value is -1.35. The molecule has 1 heterocycles. The number of nitrogens with zero attached hydrogens (tertiary/aromatic N) is 2. The summed E-state index contributed by atoms with van der Waals surface area (Å²) in [7, 11) is 1.72. The molecule has 6 nitrogen and oxygen atoms in total. The summed E-state index contributed by atoms with van der Waals surface area (Å²) < 4.78 is 5.57. The Kier molecular flexibility index (Phi) is 9.52. The topological polar surface area (TPSA) is 66.0 Å². The summed E-state index contributed by atoms with van der Waals surface area (Å²) in [5.74, 6) is 0.658. The molecular formula is C20H33IN4O2. The van der Waals surface area contributed by atoms with Crippen LogP contribution in [0.1, 0.15) is 33.3 Å². The molecule has 2 rings (SSSR count). The van der Waals surface area contributed by atoms with Gasteiger partial charge in [-0.25, -0.2) is 4.99 Å². The molecule has 1 amide bonds. The van der Waals surface area contributed by atoms with Gasteiger partial charge in [0.2, 0.25) is 5.91 Å². The second-order valence-corrected chi connectivity index (χ2v) is 7.59. The van der Waals surface area contributed by atoms with Crippen LogP contribution < -0.4 is 15.5 Å². The van der Waals surface area contributed by atoms with Crippen molar-refractivity contribution in [2.75, 3.05) is 38.2 Å². The molecule has 0 saturated carbocycles. The number of anilines is 1. The van der Waals surface area contributed by atoms with Gasteiger partial charge < -0.3 is 20.3 Å². The van der Waals surface area contributed by atoms with Crippen LogP contribution in [0.4, 0.5) is 5.69 Å². The molecule has 27 heavy (non-hydrogen) atoms. The number of hydrogen-bond acceptors (Lipinski definition) is 3. The molecular weight excluding hydrogens is 455 g/mol. The van der Waals surface area contributed by atoms with Gasteiger partial charge >= 0.3 is 0 Å². The number of nitrogens with one attached hydrogen (secondary N) is 2. The Morgan fingerprint density at radius 2 is 2.00 bits per heavy atom. The van der Waals surface area contributed by atoms with E-state index in [0.717, 1.165) is 25.2 Å². The number of halogens is 1. The molecule has 1 aliphatic heterocycles.